The fourth-order valence-electron chi connectivity index (χ4n) is 8.55. The number of ether oxygens (including phenoxy) is 2. The van der Waals surface area contributed by atoms with Gasteiger partial charge in [-0.25, -0.2) is 18.8 Å². The third kappa shape index (κ3) is 12.1. The van der Waals surface area contributed by atoms with Crippen molar-refractivity contribution in [3.8, 4) is 0 Å². The molecule has 1 aliphatic carbocycles. The van der Waals surface area contributed by atoms with E-state index in [1.165, 1.54) is 34.6 Å². The van der Waals surface area contributed by atoms with Crippen LogP contribution in [0.2, 0.25) is 0 Å². The van der Waals surface area contributed by atoms with Crippen molar-refractivity contribution in [2.45, 2.75) is 77.4 Å². The van der Waals surface area contributed by atoms with Gasteiger partial charge in [0.15, 0.2) is 0 Å². The van der Waals surface area contributed by atoms with Crippen LogP contribution in [0, 0.1) is 17.2 Å². The number of fused-ring (bicyclic) bond motifs is 1. The van der Waals surface area contributed by atoms with E-state index in [9.17, 15) is 43.5 Å². The molecule has 67 heavy (non-hydrogen) atoms. The molecule has 4 amide bonds. The monoisotopic (exact) mass is 942 g/mol. The molecule has 19 heteroatoms. The minimum atomic E-state index is -1.39. The molecule has 2 aromatic heterocycles. The summed E-state index contributed by atoms with van der Waals surface area (Å²) in [6.07, 6.45) is 3.74. The van der Waals surface area contributed by atoms with Crippen molar-refractivity contribution >= 4 is 75.2 Å². The lowest BCUT2D eigenvalue weighted by Gasteiger charge is -2.40. The fraction of sp³-hybridized carbons (Fsp3) is 0.417. The summed E-state index contributed by atoms with van der Waals surface area (Å²) in [7, 11) is 0. The van der Waals surface area contributed by atoms with Gasteiger partial charge in [-0.2, -0.15) is 11.3 Å². The van der Waals surface area contributed by atoms with Gasteiger partial charge in [-0.15, -0.1) is 0 Å². The lowest BCUT2D eigenvalue weighted by Crippen LogP contribution is -2.49. The van der Waals surface area contributed by atoms with Crippen LogP contribution in [-0.2, 0) is 41.8 Å². The maximum Gasteiger partial charge on any atom is 0.410 e. The minimum Gasteiger partial charge on any atom is -0.477 e. The molecule has 4 aromatic rings. The first-order chi connectivity index (χ1) is 32.1. The van der Waals surface area contributed by atoms with E-state index in [1.807, 2.05) is 16.8 Å². The molecule has 3 heterocycles. The fourth-order valence-corrected chi connectivity index (χ4v) is 9.29. The number of carboxylic acid groups (broad SMARTS) is 1. The van der Waals surface area contributed by atoms with Gasteiger partial charge in [0, 0.05) is 81.2 Å². The molecule has 0 spiro atoms. The molecule has 0 unspecified atom stereocenters. The molecule has 6 rings (SSSR count). The molecule has 1 saturated heterocycles. The number of aryl methyl sites for hydroxylation is 1. The van der Waals surface area contributed by atoms with E-state index in [2.05, 4.69) is 17.2 Å². The number of thiophene rings is 1. The van der Waals surface area contributed by atoms with Crippen LogP contribution in [0.25, 0.3) is 10.9 Å². The summed E-state index contributed by atoms with van der Waals surface area (Å²) in [5.74, 6) is -4.96. The molecule has 1 saturated carbocycles. The molecule has 356 valence electrons. The van der Waals surface area contributed by atoms with Crippen LogP contribution in [0.15, 0.2) is 76.9 Å². The summed E-state index contributed by atoms with van der Waals surface area (Å²) in [6, 6.07) is 10.3. The van der Waals surface area contributed by atoms with Crippen LogP contribution in [0.3, 0.4) is 0 Å². The number of urea groups is 1. The summed E-state index contributed by atoms with van der Waals surface area (Å²) in [4.78, 5) is 107. The van der Waals surface area contributed by atoms with Crippen molar-refractivity contribution in [3.63, 3.8) is 0 Å². The van der Waals surface area contributed by atoms with Gasteiger partial charge >= 0.3 is 24.1 Å². The van der Waals surface area contributed by atoms with E-state index in [4.69, 9.17) is 15.2 Å². The number of carboxylic acids is 1. The zero-order valence-electron chi connectivity index (χ0n) is 37.3. The summed E-state index contributed by atoms with van der Waals surface area (Å²) < 4.78 is 27.7. The van der Waals surface area contributed by atoms with Gasteiger partial charge in [0.2, 0.25) is 11.3 Å². The molecule has 5 N–H and O–H groups in total. The number of hydrogen-bond donors (Lipinski definition) is 4. The predicted octanol–water partition coefficient (Wildman–Crippen LogP) is 6.37. The van der Waals surface area contributed by atoms with Gasteiger partial charge in [-0.05, 0) is 84.8 Å². The number of aromatic carboxylic acids is 1. The van der Waals surface area contributed by atoms with Crippen LogP contribution in [0.4, 0.5) is 25.4 Å². The van der Waals surface area contributed by atoms with Gasteiger partial charge in [-0.3, -0.25) is 24.0 Å². The van der Waals surface area contributed by atoms with Gasteiger partial charge < -0.3 is 45.3 Å². The van der Waals surface area contributed by atoms with Crippen LogP contribution >= 0.6 is 11.3 Å². The Kier molecular flexibility index (Phi) is 16.7. The average molecular weight is 943 g/mol. The highest BCUT2D eigenvalue weighted by Gasteiger charge is 2.50. The standard InChI is InChI=1S/C48H55FN6O11S/c1-3-20-65-42(58)24-33(32-12-21-67-29-32)23-41(57)48(13-6-14-48)40(56)22-31(7-5-15-51-46(50)63)44(60)52-34-10-8-30(9-11-34)28-66-47(64)55-18-16-54(17-19-55)39-26-38-35(25-37(39)49)43(59)36(45(61)62)27-53(38)4-2/h3,8-12,21,25-27,29,31,33H,1,4-7,13-20,22-24,28H2,2H3,(H,52,60)(H,61,62)(H3,50,51,63)/t31-,33-/m1/s1. The second kappa shape index (κ2) is 22.5. The number of carbonyl (C=O) groups is 7. The number of esters is 1. The molecule has 2 fully saturated rings. The number of primary amides is 1. The Bertz CT molecular complexity index is 2550. The van der Waals surface area contributed by atoms with Crippen molar-refractivity contribution in [2.75, 3.05) is 49.5 Å². The number of pyridine rings is 1. The maximum absolute atomic E-state index is 15.4. The first kappa shape index (κ1) is 49.5. The van der Waals surface area contributed by atoms with E-state index in [1.54, 1.807) is 40.7 Å². The second-order valence-corrected chi connectivity index (χ2v) is 17.5. The third-order valence-corrected chi connectivity index (χ3v) is 13.2. The Labute approximate surface area is 390 Å². The van der Waals surface area contributed by atoms with Gasteiger partial charge in [0.05, 0.1) is 23.0 Å². The maximum atomic E-state index is 15.4. The smallest absolute Gasteiger partial charge is 0.410 e. The Morgan fingerprint density at radius 2 is 1.70 bits per heavy atom. The zero-order chi connectivity index (χ0) is 48.3. The van der Waals surface area contributed by atoms with Crippen LogP contribution < -0.4 is 26.7 Å². The predicted molar refractivity (Wildman–Crippen MR) is 249 cm³/mol. The number of aromatic nitrogens is 1. The van der Waals surface area contributed by atoms with Crippen molar-refractivity contribution < 1.29 is 52.5 Å². The largest absolute Gasteiger partial charge is 0.477 e. The number of ketones is 2. The van der Waals surface area contributed by atoms with Crippen molar-refractivity contribution in [3.05, 3.63) is 105 Å². The van der Waals surface area contributed by atoms with Gasteiger partial charge in [0.1, 0.15) is 36.2 Å². The Morgan fingerprint density at radius 3 is 2.31 bits per heavy atom. The molecule has 0 bridgehead atoms. The summed E-state index contributed by atoms with van der Waals surface area (Å²) in [5, 5.41) is 18.5. The number of benzene rings is 2. The normalized spacial score (nSPS) is 15.1. The Balaban J connectivity index is 1.04. The number of hydrogen-bond acceptors (Lipinski definition) is 12. The lowest BCUT2D eigenvalue weighted by molar-refractivity contribution is -0.148. The number of Topliss-reactive ketones (excluding diaryl/α,β-unsaturated/α-hetero) is 2. The van der Waals surface area contributed by atoms with Crippen molar-refractivity contribution in [2.24, 2.45) is 17.1 Å². The van der Waals surface area contributed by atoms with E-state index >= 15 is 4.39 Å². The van der Waals surface area contributed by atoms with Crippen LogP contribution in [-0.4, -0.2) is 95.4 Å². The molecule has 0 radical (unpaired) electrons. The van der Waals surface area contributed by atoms with E-state index in [-0.39, 0.29) is 94.3 Å². The van der Waals surface area contributed by atoms with E-state index in [0.717, 1.165) is 11.6 Å². The summed E-state index contributed by atoms with van der Waals surface area (Å²) in [5.41, 5.74) is 5.22. The van der Waals surface area contributed by atoms with Gasteiger partial charge in [0.25, 0.3) is 0 Å². The van der Waals surface area contributed by atoms with E-state index < -0.39 is 64.0 Å². The SMILES string of the molecule is C=CCOC(=O)C[C@@H](CC(=O)C1(C(=O)C[C@@H](CCCNC(N)=O)C(=O)Nc2ccc(COC(=O)N3CCN(c4cc5c(cc4F)c(=O)c(C(=O)O)cn5CC)CC3)cc2)CCC1)c1ccsc1. The molecule has 2 aliphatic rings. The molecular formula is C48H55FN6O11S. The average Bonchev–Trinajstić information content (AvgIpc) is 3.84. The van der Waals surface area contributed by atoms with Crippen molar-refractivity contribution in [1.82, 2.24) is 14.8 Å². The Morgan fingerprint density at radius 1 is 0.985 bits per heavy atom. The lowest BCUT2D eigenvalue weighted by atomic mass is 9.60. The number of nitrogens with two attached hydrogens (primary N) is 1. The van der Waals surface area contributed by atoms with Crippen molar-refractivity contribution in [1.29, 1.82) is 0 Å². The number of nitrogens with zero attached hydrogens (tertiary/aromatic N) is 3. The molecule has 17 nitrogen and oxygen atoms in total. The molecule has 2 aromatic carbocycles. The van der Waals surface area contributed by atoms with Gasteiger partial charge in [-0.1, -0.05) is 31.2 Å². The highest BCUT2D eigenvalue weighted by atomic mass is 32.1. The number of nitrogens with one attached hydrogen (secondary N) is 2. The summed E-state index contributed by atoms with van der Waals surface area (Å²) in [6.45, 7) is 6.82. The first-order valence-electron chi connectivity index (χ1n) is 22.2. The first-order valence-corrected chi connectivity index (χ1v) is 23.1. The zero-order valence-corrected chi connectivity index (χ0v) is 38.1. The van der Waals surface area contributed by atoms with E-state index in [0.29, 0.717) is 49.0 Å². The van der Waals surface area contributed by atoms with Crippen LogP contribution in [0.5, 0.6) is 0 Å². The second-order valence-electron chi connectivity index (χ2n) is 16.7. The molecule has 2 atom stereocenters. The topological polar surface area (TPSA) is 237 Å². The number of anilines is 2. The van der Waals surface area contributed by atoms with Crippen LogP contribution in [0.1, 0.15) is 85.7 Å². The highest BCUT2D eigenvalue weighted by molar-refractivity contribution is 7.08. The molecule has 1 aliphatic heterocycles. The number of halogens is 1. The number of amides is 4. The number of piperazine rings is 1. The summed E-state index contributed by atoms with van der Waals surface area (Å²) >= 11 is 1.43. The molecular weight excluding hydrogens is 888 g/mol. The minimum absolute atomic E-state index is 0.0339. The Hall–Kier alpha value is -6.89. The number of carbonyl (C=O) groups excluding carboxylic acids is 6. The highest BCUT2D eigenvalue weighted by Crippen LogP contribution is 2.47. The quantitative estimate of drug-likeness (QED) is 0.0291. The number of rotatable bonds is 22. The third-order valence-electron chi connectivity index (χ3n) is 12.5.